The Hall–Kier alpha value is -1.42. The van der Waals surface area contributed by atoms with Crippen molar-refractivity contribution in [2.45, 2.75) is 31.4 Å². The number of rotatable bonds is 5. The molecule has 0 bridgehead atoms. The molecule has 0 spiro atoms. The van der Waals surface area contributed by atoms with Crippen LogP contribution in [-0.2, 0) is 9.53 Å². The van der Waals surface area contributed by atoms with Gasteiger partial charge in [-0.1, -0.05) is 0 Å². The molecule has 0 aliphatic heterocycles. The molecule has 0 amide bonds. The van der Waals surface area contributed by atoms with Crippen molar-refractivity contribution in [1.29, 1.82) is 0 Å². The molecular formula is C9H7F9O2. The van der Waals surface area contributed by atoms with Gasteiger partial charge in [-0.2, -0.15) is 39.5 Å². The highest BCUT2D eigenvalue weighted by atomic mass is 19.4. The summed E-state index contributed by atoms with van der Waals surface area (Å²) in [5.41, 5.74) is -2.24. The first-order valence-electron chi connectivity index (χ1n) is 4.81. The van der Waals surface area contributed by atoms with E-state index in [-0.39, 0.29) is 0 Å². The molecule has 0 aromatic carbocycles. The zero-order valence-electron chi connectivity index (χ0n) is 9.63. The summed E-state index contributed by atoms with van der Waals surface area (Å²) in [4.78, 5) is 10.8. The first-order valence-corrected chi connectivity index (χ1v) is 4.81. The van der Waals surface area contributed by atoms with Crippen LogP contribution in [0.1, 0.15) is 13.3 Å². The first-order chi connectivity index (χ1) is 8.78. The van der Waals surface area contributed by atoms with Gasteiger partial charge >= 0.3 is 24.0 Å². The first kappa shape index (κ1) is 18.6. The van der Waals surface area contributed by atoms with E-state index in [0.717, 1.165) is 6.92 Å². The van der Waals surface area contributed by atoms with Crippen LogP contribution in [0.25, 0.3) is 0 Å². The predicted octanol–water partition coefficient (Wildman–Crippen LogP) is 3.92. The van der Waals surface area contributed by atoms with Crippen LogP contribution < -0.4 is 0 Å². The molecule has 11 heteroatoms. The average molecular weight is 318 g/mol. The molecule has 0 radical (unpaired) electrons. The molecule has 0 saturated heterocycles. The smallest absolute Gasteiger partial charge is 0.459 e. The predicted molar refractivity (Wildman–Crippen MR) is 46.4 cm³/mol. The Morgan fingerprint density at radius 2 is 1.45 bits per heavy atom. The molecule has 0 heterocycles. The Bertz CT molecular complexity index is 393. The van der Waals surface area contributed by atoms with E-state index in [0.29, 0.717) is 0 Å². The molecule has 0 aromatic rings. The maximum atomic E-state index is 12.9. The van der Waals surface area contributed by atoms with Crippen molar-refractivity contribution < 1.29 is 49.0 Å². The van der Waals surface area contributed by atoms with Gasteiger partial charge in [0.05, 0.1) is 13.0 Å². The fourth-order valence-electron chi connectivity index (χ4n) is 0.975. The lowest BCUT2D eigenvalue weighted by Gasteiger charge is -2.28. The summed E-state index contributed by atoms with van der Waals surface area (Å²) in [6.07, 6.45) is -12.6. The summed E-state index contributed by atoms with van der Waals surface area (Å²) in [5.74, 6) is -14.6. The Kier molecular flexibility index (Phi) is 5.50. The number of hydrogen-bond acceptors (Lipinski definition) is 2. The van der Waals surface area contributed by atoms with Gasteiger partial charge in [0.25, 0.3) is 6.08 Å². The maximum Gasteiger partial charge on any atom is 0.459 e. The van der Waals surface area contributed by atoms with Crippen LogP contribution in [0.4, 0.5) is 39.5 Å². The SMILES string of the molecule is CCOC(=O)C(CC(F)(F)C(F)(F)C(F)(F)F)=C(F)F. The number of alkyl halides is 7. The highest BCUT2D eigenvalue weighted by Crippen LogP contribution is 2.49. The zero-order chi connectivity index (χ0) is 16.4. The maximum absolute atomic E-state index is 12.9. The Morgan fingerprint density at radius 1 is 1.00 bits per heavy atom. The fourth-order valence-corrected chi connectivity index (χ4v) is 0.975. The van der Waals surface area contributed by atoms with E-state index in [4.69, 9.17) is 0 Å². The molecule has 0 fully saturated rings. The molecule has 118 valence electrons. The molecular weight excluding hydrogens is 311 g/mol. The topological polar surface area (TPSA) is 26.3 Å². The summed E-state index contributed by atoms with van der Waals surface area (Å²) in [5, 5.41) is 0. The molecule has 0 N–H and O–H groups in total. The normalized spacial score (nSPS) is 13.1. The van der Waals surface area contributed by atoms with Gasteiger partial charge in [0.15, 0.2) is 0 Å². The van der Waals surface area contributed by atoms with Gasteiger partial charge in [0.2, 0.25) is 0 Å². The van der Waals surface area contributed by atoms with E-state index in [9.17, 15) is 44.3 Å². The van der Waals surface area contributed by atoms with Crippen molar-refractivity contribution >= 4 is 5.97 Å². The van der Waals surface area contributed by atoms with Crippen LogP contribution in [0.15, 0.2) is 11.7 Å². The van der Waals surface area contributed by atoms with E-state index in [1.807, 2.05) is 0 Å². The third-order valence-corrected chi connectivity index (χ3v) is 1.96. The van der Waals surface area contributed by atoms with Crippen molar-refractivity contribution in [2.24, 2.45) is 0 Å². The van der Waals surface area contributed by atoms with Crippen LogP contribution in [0.3, 0.4) is 0 Å². The Balaban J connectivity index is 5.45. The molecule has 0 unspecified atom stereocenters. The van der Waals surface area contributed by atoms with E-state index in [2.05, 4.69) is 4.74 Å². The monoisotopic (exact) mass is 318 g/mol. The summed E-state index contributed by atoms with van der Waals surface area (Å²) in [6, 6.07) is 0. The van der Waals surface area contributed by atoms with Crippen molar-refractivity contribution in [3.63, 3.8) is 0 Å². The van der Waals surface area contributed by atoms with Crippen LogP contribution in [0.5, 0.6) is 0 Å². The van der Waals surface area contributed by atoms with Gasteiger partial charge in [-0.05, 0) is 6.92 Å². The number of carbonyl (C=O) groups excluding carboxylic acids is 1. The summed E-state index contributed by atoms with van der Waals surface area (Å²) in [6.45, 7) is 0.533. The van der Waals surface area contributed by atoms with Crippen LogP contribution in [-0.4, -0.2) is 30.6 Å². The van der Waals surface area contributed by atoms with E-state index >= 15 is 0 Å². The summed E-state index contributed by atoms with van der Waals surface area (Å²) < 4.78 is 114. The minimum atomic E-state index is -6.66. The summed E-state index contributed by atoms with van der Waals surface area (Å²) in [7, 11) is 0. The van der Waals surface area contributed by atoms with Gasteiger partial charge in [0, 0.05) is 0 Å². The Morgan fingerprint density at radius 3 is 1.75 bits per heavy atom. The second-order valence-electron chi connectivity index (χ2n) is 3.41. The lowest BCUT2D eigenvalue weighted by Crippen LogP contribution is -2.52. The molecule has 0 saturated carbocycles. The van der Waals surface area contributed by atoms with Crippen molar-refractivity contribution in [2.75, 3.05) is 6.61 Å². The van der Waals surface area contributed by atoms with Crippen LogP contribution in [0, 0.1) is 0 Å². The van der Waals surface area contributed by atoms with E-state index < -0.39 is 48.7 Å². The van der Waals surface area contributed by atoms with Gasteiger partial charge < -0.3 is 4.74 Å². The quantitative estimate of drug-likeness (QED) is 0.436. The number of hydrogen-bond donors (Lipinski definition) is 0. The number of halogens is 9. The molecule has 20 heavy (non-hydrogen) atoms. The molecule has 0 rings (SSSR count). The van der Waals surface area contributed by atoms with Gasteiger partial charge in [-0.25, -0.2) is 4.79 Å². The molecule has 0 atom stereocenters. The van der Waals surface area contributed by atoms with Crippen LogP contribution >= 0.6 is 0 Å². The second kappa shape index (κ2) is 5.92. The molecule has 2 nitrogen and oxygen atoms in total. The average Bonchev–Trinajstić information content (AvgIpc) is 2.23. The van der Waals surface area contributed by atoms with Crippen LogP contribution in [0.2, 0.25) is 0 Å². The lowest BCUT2D eigenvalue weighted by atomic mass is 10.0. The van der Waals surface area contributed by atoms with E-state index in [1.165, 1.54) is 0 Å². The largest absolute Gasteiger partial charge is 0.462 e. The standard InChI is InChI=1S/C9H7F9O2/c1-2-20-6(19)4(5(10)11)3-7(12,13)8(14,15)9(16,17)18/h2-3H2,1H3. The van der Waals surface area contributed by atoms with Crippen molar-refractivity contribution in [3.05, 3.63) is 11.7 Å². The van der Waals surface area contributed by atoms with Gasteiger partial charge in [0.1, 0.15) is 5.57 Å². The summed E-state index contributed by atoms with van der Waals surface area (Å²) >= 11 is 0. The fraction of sp³-hybridized carbons (Fsp3) is 0.667. The van der Waals surface area contributed by atoms with Gasteiger partial charge in [-0.15, -0.1) is 0 Å². The second-order valence-corrected chi connectivity index (χ2v) is 3.41. The number of esters is 1. The van der Waals surface area contributed by atoms with Crippen molar-refractivity contribution in [1.82, 2.24) is 0 Å². The minimum Gasteiger partial charge on any atom is -0.462 e. The zero-order valence-corrected chi connectivity index (χ0v) is 9.63. The molecule has 0 aliphatic carbocycles. The third kappa shape index (κ3) is 3.79. The molecule has 0 aromatic heterocycles. The van der Waals surface area contributed by atoms with Gasteiger partial charge in [-0.3, -0.25) is 0 Å². The lowest BCUT2D eigenvalue weighted by molar-refractivity contribution is -0.354. The Labute approximate surface area is 106 Å². The third-order valence-electron chi connectivity index (χ3n) is 1.96. The number of ether oxygens (including phenoxy) is 1. The van der Waals surface area contributed by atoms with Crippen molar-refractivity contribution in [3.8, 4) is 0 Å². The molecule has 0 aliphatic rings. The number of carbonyl (C=O) groups is 1. The highest BCUT2D eigenvalue weighted by molar-refractivity contribution is 5.88. The highest BCUT2D eigenvalue weighted by Gasteiger charge is 2.73. The van der Waals surface area contributed by atoms with E-state index in [1.54, 1.807) is 0 Å². The minimum absolute atomic E-state index is 0.559.